The number of rotatable bonds is 4. The molecule has 172 valence electrons. The monoisotopic (exact) mass is 479 g/mol. The summed E-state index contributed by atoms with van der Waals surface area (Å²) in [4.78, 5) is 25.6. The summed E-state index contributed by atoms with van der Waals surface area (Å²) < 4.78 is 1.71. The number of amides is 1. The molecule has 0 N–H and O–H groups in total. The molecule has 9 heteroatoms. The van der Waals surface area contributed by atoms with Gasteiger partial charge in [-0.2, -0.15) is 10.4 Å². The Labute approximate surface area is 207 Å². The zero-order valence-electron chi connectivity index (χ0n) is 19.0. The number of aromatic nitrogens is 3. The Morgan fingerprint density at radius 1 is 1.09 bits per heavy atom. The van der Waals surface area contributed by atoms with E-state index in [1.807, 2.05) is 53.7 Å². The highest BCUT2D eigenvalue weighted by Gasteiger charge is 2.20. The van der Waals surface area contributed by atoms with Crippen LogP contribution in [0, 0.1) is 17.9 Å². The van der Waals surface area contributed by atoms with Crippen LogP contribution >= 0.6 is 11.8 Å². The molecular formula is C26H21N7OS. The van der Waals surface area contributed by atoms with Gasteiger partial charge in [0.25, 0.3) is 0 Å². The van der Waals surface area contributed by atoms with E-state index in [4.69, 9.17) is 6.57 Å². The van der Waals surface area contributed by atoms with Gasteiger partial charge in [0.05, 0.1) is 23.8 Å². The lowest BCUT2D eigenvalue weighted by Crippen LogP contribution is -2.48. The minimum absolute atomic E-state index is 0.106. The van der Waals surface area contributed by atoms with Crippen molar-refractivity contribution in [2.75, 3.05) is 31.1 Å². The van der Waals surface area contributed by atoms with E-state index in [9.17, 15) is 10.1 Å². The minimum Gasteiger partial charge on any atom is -0.353 e. The Balaban J connectivity index is 1.48. The van der Waals surface area contributed by atoms with Gasteiger partial charge in [-0.05, 0) is 18.2 Å². The van der Waals surface area contributed by atoms with Gasteiger partial charge in [0, 0.05) is 66.4 Å². The van der Waals surface area contributed by atoms with Gasteiger partial charge in [0.1, 0.15) is 11.9 Å². The second-order valence-electron chi connectivity index (χ2n) is 8.14. The number of piperazine rings is 1. The number of para-hydroxylation sites is 1. The molecule has 1 aliphatic rings. The van der Waals surface area contributed by atoms with Gasteiger partial charge < -0.3 is 9.80 Å². The van der Waals surface area contributed by atoms with E-state index in [-0.39, 0.29) is 5.91 Å². The molecule has 1 fully saturated rings. The maximum atomic E-state index is 11.6. The second kappa shape index (κ2) is 9.49. The van der Waals surface area contributed by atoms with Crippen molar-refractivity contribution in [1.82, 2.24) is 19.5 Å². The molecule has 0 spiro atoms. The molecule has 1 amide bonds. The summed E-state index contributed by atoms with van der Waals surface area (Å²) in [5, 5.41) is 14.0. The third-order valence-corrected chi connectivity index (χ3v) is 7.13. The van der Waals surface area contributed by atoms with Crippen LogP contribution in [-0.2, 0) is 4.79 Å². The van der Waals surface area contributed by atoms with Crippen molar-refractivity contribution >= 4 is 34.7 Å². The summed E-state index contributed by atoms with van der Waals surface area (Å²) in [6, 6.07) is 15.7. The number of carbonyl (C=O) groups is 1. The number of fused-ring (bicyclic) bond motifs is 1. The van der Waals surface area contributed by atoms with Gasteiger partial charge in [0.2, 0.25) is 11.6 Å². The molecule has 1 aliphatic heterocycles. The molecule has 8 nitrogen and oxygen atoms in total. The zero-order valence-corrected chi connectivity index (χ0v) is 19.9. The van der Waals surface area contributed by atoms with E-state index in [2.05, 4.69) is 25.9 Å². The average molecular weight is 480 g/mol. The third-order valence-electron chi connectivity index (χ3n) is 6.03. The number of pyridine rings is 2. The SMILES string of the molecule is [C-]#[N+]c1ccccc1Sc1cc(-c2ccc(N3CCN(C(C)=O)CC3)nc2)cn2ncc(C#N)c12. The topological polar surface area (TPSA) is 81.9 Å². The molecule has 0 radical (unpaired) electrons. The van der Waals surface area contributed by atoms with Crippen LogP contribution < -0.4 is 4.90 Å². The normalized spacial score (nSPS) is 13.5. The van der Waals surface area contributed by atoms with Gasteiger partial charge in [-0.3, -0.25) is 4.79 Å². The van der Waals surface area contributed by atoms with Crippen LogP contribution in [0.3, 0.4) is 0 Å². The number of nitrogens with zero attached hydrogens (tertiary/aromatic N) is 7. The fourth-order valence-corrected chi connectivity index (χ4v) is 5.24. The van der Waals surface area contributed by atoms with Gasteiger partial charge >= 0.3 is 0 Å². The van der Waals surface area contributed by atoms with Crippen LogP contribution in [0.15, 0.2) is 70.8 Å². The maximum Gasteiger partial charge on any atom is 0.219 e. The lowest BCUT2D eigenvalue weighted by molar-refractivity contribution is -0.129. The molecule has 3 aromatic heterocycles. The van der Waals surface area contributed by atoms with E-state index in [1.54, 1.807) is 23.7 Å². The molecule has 4 heterocycles. The summed E-state index contributed by atoms with van der Waals surface area (Å²) in [5.41, 5.74) is 3.60. The predicted octanol–water partition coefficient (Wildman–Crippen LogP) is 4.64. The van der Waals surface area contributed by atoms with Crippen LogP contribution in [0.1, 0.15) is 12.5 Å². The summed E-state index contributed by atoms with van der Waals surface area (Å²) in [6.07, 6.45) is 5.29. The molecule has 0 unspecified atom stereocenters. The Kier molecular flexibility index (Phi) is 6.09. The molecular weight excluding hydrogens is 458 g/mol. The van der Waals surface area contributed by atoms with Crippen LogP contribution in [-0.4, -0.2) is 51.6 Å². The smallest absolute Gasteiger partial charge is 0.219 e. The second-order valence-corrected chi connectivity index (χ2v) is 9.22. The first-order valence-corrected chi connectivity index (χ1v) is 11.9. The van der Waals surface area contributed by atoms with Crippen molar-refractivity contribution in [1.29, 1.82) is 5.26 Å². The predicted molar refractivity (Wildman–Crippen MR) is 134 cm³/mol. The fraction of sp³-hybridized carbons (Fsp3) is 0.192. The molecule has 1 saturated heterocycles. The first-order chi connectivity index (χ1) is 17.1. The highest BCUT2D eigenvalue weighted by Crippen LogP contribution is 2.39. The number of benzene rings is 1. The standard InChI is InChI=1S/C26H21N7OS/c1-18(34)31-9-11-32(12-10-31)25-8-7-19(15-29-25)20-13-24(26-21(14-27)16-30-33(26)17-20)35-23-6-4-3-5-22(23)28-2/h3-8,13,15-17H,9-12H2,1H3. The van der Waals surface area contributed by atoms with Gasteiger partial charge in [-0.15, -0.1) is 0 Å². The fourth-order valence-electron chi connectivity index (χ4n) is 4.15. The summed E-state index contributed by atoms with van der Waals surface area (Å²) in [6.45, 7) is 12.0. The molecule has 0 aliphatic carbocycles. The van der Waals surface area contributed by atoms with Crippen LogP contribution in [0.4, 0.5) is 11.5 Å². The third kappa shape index (κ3) is 4.42. The maximum absolute atomic E-state index is 11.6. The van der Waals surface area contributed by atoms with E-state index in [0.717, 1.165) is 39.8 Å². The highest BCUT2D eigenvalue weighted by molar-refractivity contribution is 7.99. The van der Waals surface area contributed by atoms with Gasteiger partial charge in [0.15, 0.2) is 0 Å². The molecule has 35 heavy (non-hydrogen) atoms. The largest absolute Gasteiger partial charge is 0.353 e. The first kappa shape index (κ1) is 22.5. The number of hydrogen-bond acceptors (Lipinski definition) is 6. The Hall–Kier alpha value is -4.34. The number of anilines is 1. The Morgan fingerprint density at radius 2 is 1.89 bits per heavy atom. The van der Waals surface area contributed by atoms with Crippen LogP contribution in [0.25, 0.3) is 21.5 Å². The van der Waals surface area contributed by atoms with Crippen molar-refractivity contribution in [3.63, 3.8) is 0 Å². The zero-order chi connectivity index (χ0) is 24.4. The summed E-state index contributed by atoms with van der Waals surface area (Å²) >= 11 is 1.45. The lowest BCUT2D eigenvalue weighted by Gasteiger charge is -2.34. The van der Waals surface area contributed by atoms with E-state index >= 15 is 0 Å². The molecule has 0 atom stereocenters. The van der Waals surface area contributed by atoms with Crippen molar-refractivity contribution in [3.8, 4) is 17.2 Å². The summed E-state index contributed by atoms with van der Waals surface area (Å²) in [7, 11) is 0. The molecule has 4 aromatic rings. The molecule has 0 bridgehead atoms. The minimum atomic E-state index is 0.106. The number of carbonyl (C=O) groups excluding carboxylic acids is 1. The molecule has 5 rings (SSSR count). The van der Waals surface area contributed by atoms with Gasteiger partial charge in [-0.1, -0.05) is 36.0 Å². The molecule has 0 saturated carbocycles. The van der Waals surface area contributed by atoms with E-state index in [0.29, 0.717) is 29.9 Å². The van der Waals surface area contributed by atoms with Crippen LogP contribution in [0.2, 0.25) is 0 Å². The van der Waals surface area contributed by atoms with Crippen LogP contribution in [0.5, 0.6) is 0 Å². The lowest BCUT2D eigenvalue weighted by atomic mass is 10.1. The number of hydrogen-bond donors (Lipinski definition) is 0. The van der Waals surface area contributed by atoms with Crippen molar-refractivity contribution in [3.05, 3.63) is 78.0 Å². The first-order valence-electron chi connectivity index (χ1n) is 11.1. The van der Waals surface area contributed by atoms with E-state index < -0.39 is 0 Å². The van der Waals surface area contributed by atoms with E-state index in [1.165, 1.54) is 11.8 Å². The highest BCUT2D eigenvalue weighted by atomic mass is 32.2. The van der Waals surface area contributed by atoms with Crippen molar-refractivity contribution < 1.29 is 4.79 Å². The molecule has 1 aromatic carbocycles. The van der Waals surface area contributed by atoms with Crippen molar-refractivity contribution in [2.45, 2.75) is 16.7 Å². The van der Waals surface area contributed by atoms with Crippen molar-refractivity contribution in [2.24, 2.45) is 0 Å². The number of nitriles is 1. The average Bonchev–Trinajstić information content (AvgIpc) is 3.32. The summed E-state index contributed by atoms with van der Waals surface area (Å²) in [5.74, 6) is 0.985. The Bertz CT molecular complexity index is 1490. The van der Waals surface area contributed by atoms with Gasteiger partial charge in [-0.25, -0.2) is 14.3 Å². The Morgan fingerprint density at radius 3 is 2.57 bits per heavy atom. The quantitative estimate of drug-likeness (QED) is 0.397.